The summed E-state index contributed by atoms with van der Waals surface area (Å²) >= 11 is 0. The van der Waals surface area contributed by atoms with Gasteiger partial charge in [-0.15, -0.1) is 5.10 Å². The van der Waals surface area contributed by atoms with E-state index in [1.165, 1.54) is 42.5 Å². The molecule has 1 saturated carbocycles. The summed E-state index contributed by atoms with van der Waals surface area (Å²) in [6.07, 6.45) is 4.94. The van der Waals surface area contributed by atoms with Gasteiger partial charge in [-0.2, -0.15) is 5.10 Å². The monoisotopic (exact) mass is 320 g/mol. The van der Waals surface area contributed by atoms with Gasteiger partial charge in [0.25, 0.3) is 0 Å². The lowest BCUT2D eigenvalue weighted by Gasteiger charge is -2.40. The van der Waals surface area contributed by atoms with Crippen molar-refractivity contribution in [2.75, 3.05) is 24.5 Å². The molecule has 124 valence electrons. The summed E-state index contributed by atoms with van der Waals surface area (Å²) in [5.74, 6) is 2.47. The van der Waals surface area contributed by atoms with Crippen LogP contribution in [-0.4, -0.2) is 35.9 Å². The summed E-state index contributed by atoms with van der Waals surface area (Å²) in [7, 11) is 0. The van der Waals surface area contributed by atoms with E-state index < -0.39 is 0 Å². The molecule has 2 aliphatic carbocycles. The first kappa shape index (κ1) is 14.4. The number of anilines is 1. The van der Waals surface area contributed by atoms with E-state index in [0.29, 0.717) is 12.0 Å². The van der Waals surface area contributed by atoms with Crippen molar-refractivity contribution in [3.05, 3.63) is 53.2 Å². The lowest BCUT2D eigenvalue weighted by atomic mass is 9.99. The first-order valence-corrected chi connectivity index (χ1v) is 9.24. The number of nitrogens with one attached hydrogen (secondary N) is 1. The summed E-state index contributed by atoms with van der Waals surface area (Å²) in [5.41, 5.74) is 4.23. The zero-order valence-corrected chi connectivity index (χ0v) is 14.0. The Labute approximate surface area is 143 Å². The summed E-state index contributed by atoms with van der Waals surface area (Å²) < 4.78 is 0. The van der Waals surface area contributed by atoms with Crippen molar-refractivity contribution in [1.82, 2.24) is 15.5 Å². The topological polar surface area (TPSA) is 41.0 Å². The van der Waals surface area contributed by atoms with Crippen LogP contribution in [0, 0.1) is 5.92 Å². The number of hydrogen-bond donors (Lipinski definition) is 1. The molecule has 0 radical (unpaired) electrons. The van der Waals surface area contributed by atoms with Crippen LogP contribution in [0.1, 0.15) is 35.6 Å². The van der Waals surface area contributed by atoms with Gasteiger partial charge in [0.2, 0.25) is 0 Å². The average molecular weight is 320 g/mol. The van der Waals surface area contributed by atoms with E-state index in [1.54, 1.807) is 0 Å². The first-order valence-electron chi connectivity index (χ1n) is 9.24. The number of aromatic nitrogens is 2. The van der Waals surface area contributed by atoms with Crippen LogP contribution < -0.4 is 10.2 Å². The van der Waals surface area contributed by atoms with Crippen molar-refractivity contribution in [3.63, 3.8) is 0 Å². The fourth-order valence-corrected chi connectivity index (χ4v) is 4.02. The van der Waals surface area contributed by atoms with E-state index in [4.69, 9.17) is 0 Å². The molecule has 1 aromatic heterocycles. The molecule has 4 nitrogen and oxygen atoms in total. The summed E-state index contributed by atoms with van der Waals surface area (Å²) in [5, 5.41) is 12.6. The van der Waals surface area contributed by atoms with Crippen molar-refractivity contribution < 1.29 is 0 Å². The van der Waals surface area contributed by atoms with Gasteiger partial charge in [-0.05, 0) is 48.9 Å². The number of hydrogen-bond acceptors (Lipinski definition) is 4. The lowest BCUT2D eigenvalue weighted by molar-refractivity contribution is 0.360. The standard InChI is InChI=1S/C20H24N4/c1-2-4-17-10-18(9-16(17)3-1)21-11-14-12-24(13-14)20-8-7-19(22-23-20)15-5-6-15/h1-4,7-8,14-15,18,21H,5-6,9-13H2. The highest BCUT2D eigenvalue weighted by Crippen LogP contribution is 2.39. The predicted molar refractivity (Wildman–Crippen MR) is 95.4 cm³/mol. The molecule has 5 rings (SSSR count). The van der Waals surface area contributed by atoms with Crippen molar-refractivity contribution in [2.24, 2.45) is 5.92 Å². The molecule has 1 saturated heterocycles. The molecule has 2 aromatic rings. The van der Waals surface area contributed by atoms with Crippen LogP contribution in [0.4, 0.5) is 5.82 Å². The Bertz CT molecular complexity index is 692. The minimum absolute atomic E-state index is 0.620. The van der Waals surface area contributed by atoms with Crippen molar-refractivity contribution >= 4 is 5.82 Å². The van der Waals surface area contributed by atoms with E-state index in [1.807, 2.05) is 0 Å². The Morgan fingerprint density at radius 2 is 1.71 bits per heavy atom. The van der Waals surface area contributed by atoms with E-state index >= 15 is 0 Å². The Morgan fingerprint density at radius 3 is 2.33 bits per heavy atom. The quantitative estimate of drug-likeness (QED) is 0.919. The Hall–Kier alpha value is -1.94. The smallest absolute Gasteiger partial charge is 0.151 e. The fraction of sp³-hybridized carbons (Fsp3) is 0.500. The highest BCUT2D eigenvalue weighted by atomic mass is 15.3. The van der Waals surface area contributed by atoms with Crippen molar-refractivity contribution in [1.29, 1.82) is 0 Å². The molecule has 24 heavy (non-hydrogen) atoms. The Kier molecular flexibility index (Phi) is 3.51. The van der Waals surface area contributed by atoms with Crippen molar-refractivity contribution in [3.8, 4) is 0 Å². The van der Waals surface area contributed by atoms with Gasteiger partial charge < -0.3 is 10.2 Å². The van der Waals surface area contributed by atoms with Gasteiger partial charge in [-0.25, -0.2) is 0 Å². The number of fused-ring (bicyclic) bond motifs is 1. The molecule has 0 unspecified atom stereocenters. The van der Waals surface area contributed by atoms with Crippen LogP contribution in [0.5, 0.6) is 0 Å². The lowest BCUT2D eigenvalue weighted by Crippen LogP contribution is -2.52. The molecule has 1 aliphatic heterocycles. The molecule has 3 aliphatic rings. The highest BCUT2D eigenvalue weighted by Gasteiger charge is 2.30. The van der Waals surface area contributed by atoms with Crippen LogP contribution in [0.15, 0.2) is 36.4 Å². The molecule has 0 atom stereocenters. The maximum Gasteiger partial charge on any atom is 0.151 e. The van der Waals surface area contributed by atoms with E-state index in [0.717, 1.165) is 31.4 Å². The molecule has 1 N–H and O–H groups in total. The van der Waals surface area contributed by atoms with Gasteiger partial charge in [0, 0.05) is 37.5 Å². The molecule has 1 aromatic carbocycles. The van der Waals surface area contributed by atoms with E-state index in [9.17, 15) is 0 Å². The molecule has 0 bridgehead atoms. The second-order valence-electron chi connectivity index (χ2n) is 7.64. The summed E-state index contributed by atoms with van der Waals surface area (Å²) in [6.45, 7) is 3.32. The van der Waals surface area contributed by atoms with E-state index in [-0.39, 0.29) is 0 Å². The third kappa shape index (κ3) is 2.80. The highest BCUT2D eigenvalue weighted by molar-refractivity contribution is 5.41. The van der Waals surface area contributed by atoms with Crippen LogP contribution in [0.25, 0.3) is 0 Å². The van der Waals surface area contributed by atoms with Crippen LogP contribution in [0.2, 0.25) is 0 Å². The van der Waals surface area contributed by atoms with Gasteiger partial charge >= 0.3 is 0 Å². The largest absolute Gasteiger partial charge is 0.354 e. The Balaban J connectivity index is 1.09. The fourth-order valence-electron chi connectivity index (χ4n) is 4.02. The maximum absolute atomic E-state index is 4.42. The molecular formula is C20H24N4. The minimum Gasteiger partial charge on any atom is -0.354 e. The summed E-state index contributed by atoms with van der Waals surface area (Å²) in [6, 6.07) is 13.8. The van der Waals surface area contributed by atoms with Gasteiger partial charge in [-0.3, -0.25) is 0 Å². The zero-order valence-electron chi connectivity index (χ0n) is 14.0. The first-order chi connectivity index (χ1) is 11.8. The van der Waals surface area contributed by atoms with Crippen molar-refractivity contribution in [2.45, 2.75) is 37.6 Å². The van der Waals surface area contributed by atoms with Crippen LogP contribution in [0.3, 0.4) is 0 Å². The second-order valence-corrected chi connectivity index (χ2v) is 7.64. The van der Waals surface area contributed by atoms with Gasteiger partial charge in [-0.1, -0.05) is 24.3 Å². The average Bonchev–Trinajstić information content (AvgIpc) is 3.33. The molecule has 2 heterocycles. The maximum atomic E-state index is 4.42. The minimum atomic E-state index is 0.620. The third-order valence-corrected chi connectivity index (χ3v) is 5.69. The molecule has 2 fully saturated rings. The number of benzene rings is 1. The summed E-state index contributed by atoms with van der Waals surface area (Å²) in [4.78, 5) is 2.35. The second kappa shape index (κ2) is 5.85. The van der Waals surface area contributed by atoms with Gasteiger partial charge in [0.1, 0.15) is 0 Å². The predicted octanol–water partition coefficient (Wildman–Crippen LogP) is 2.55. The third-order valence-electron chi connectivity index (χ3n) is 5.69. The van der Waals surface area contributed by atoms with Crippen LogP contribution in [-0.2, 0) is 12.8 Å². The van der Waals surface area contributed by atoms with Gasteiger partial charge in [0.05, 0.1) is 5.69 Å². The van der Waals surface area contributed by atoms with Gasteiger partial charge in [0.15, 0.2) is 5.82 Å². The normalized spacial score (nSPS) is 20.9. The number of rotatable bonds is 5. The molecule has 0 spiro atoms. The molecule has 4 heteroatoms. The van der Waals surface area contributed by atoms with E-state index in [2.05, 4.69) is 56.8 Å². The Morgan fingerprint density at radius 1 is 0.958 bits per heavy atom. The number of nitrogens with zero attached hydrogens (tertiary/aromatic N) is 3. The van der Waals surface area contributed by atoms with Crippen LogP contribution >= 0.6 is 0 Å². The SMILES string of the molecule is c1ccc2c(c1)CC(NCC1CN(c3ccc(C4CC4)nn3)C1)C2. The molecular weight excluding hydrogens is 296 g/mol. The molecule has 0 amide bonds. The zero-order chi connectivity index (χ0) is 15.9.